The van der Waals surface area contributed by atoms with Gasteiger partial charge in [0.25, 0.3) is 0 Å². The summed E-state index contributed by atoms with van der Waals surface area (Å²) in [5.41, 5.74) is 0.984. The zero-order valence-corrected chi connectivity index (χ0v) is 16.0. The molecule has 1 aromatic heterocycles. The van der Waals surface area contributed by atoms with Crippen LogP contribution >= 0.6 is 11.6 Å². The summed E-state index contributed by atoms with van der Waals surface area (Å²) in [5, 5.41) is 7.82. The van der Waals surface area contributed by atoms with Crippen molar-refractivity contribution in [1.82, 2.24) is 14.1 Å². The number of amides is 1. The molecule has 0 spiro atoms. The monoisotopic (exact) mass is 396 g/mol. The van der Waals surface area contributed by atoms with Crippen LogP contribution in [0.1, 0.15) is 18.4 Å². The van der Waals surface area contributed by atoms with E-state index in [4.69, 9.17) is 11.6 Å². The first-order chi connectivity index (χ1) is 12.3. The summed E-state index contributed by atoms with van der Waals surface area (Å²) in [6.45, 7) is 1.24. The van der Waals surface area contributed by atoms with Crippen molar-refractivity contribution in [2.24, 2.45) is 5.92 Å². The van der Waals surface area contributed by atoms with E-state index in [1.54, 1.807) is 23.0 Å². The molecule has 0 radical (unpaired) electrons. The van der Waals surface area contributed by atoms with Crippen LogP contribution in [0.25, 0.3) is 0 Å². The van der Waals surface area contributed by atoms with Gasteiger partial charge in [0.2, 0.25) is 15.9 Å². The lowest BCUT2D eigenvalue weighted by Gasteiger charge is -2.29. The van der Waals surface area contributed by atoms with Gasteiger partial charge < -0.3 is 5.32 Å². The Morgan fingerprint density at radius 2 is 2.04 bits per heavy atom. The lowest BCUT2D eigenvalue weighted by atomic mass is 9.97. The van der Waals surface area contributed by atoms with Crippen LogP contribution in [-0.2, 0) is 21.4 Å². The summed E-state index contributed by atoms with van der Waals surface area (Å²) in [5.74, 6) is 0.300. The molecule has 0 unspecified atom stereocenters. The lowest BCUT2D eigenvalue weighted by Crippen LogP contribution is -2.41. The second-order valence-corrected chi connectivity index (χ2v) is 8.85. The summed E-state index contributed by atoms with van der Waals surface area (Å²) >= 11 is 6.01. The van der Waals surface area contributed by atoms with E-state index in [9.17, 15) is 13.2 Å². The number of nitrogens with one attached hydrogen (secondary N) is 1. The topological polar surface area (TPSA) is 84.3 Å². The lowest BCUT2D eigenvalue weighted by molar-refractivity contribution is -0.121. The first-order valence-electron chi connectivity index (χ1n) is 8.35. The Morgan fingerprint density at radius 3 is 2.69 bits per heavy atom. The minimum Gasteiger partial charge on any atom is -0.311 e. The van der Waals surface area contributed by atoms with Crippen molar-refractivity contribution in [2.45, 2.75) is 19.4 Å². The van der Waals surface area contributed by atoms with E-state index in [2.05, 4.69) is 10.4 Å². The molecule has 0 saturated carbocycles. The number of aromatic nitrogens is 2. The highest BCUT2D eigenvalue weighted by molar-refractivity contribution is 7.88. The van der Waals surface area contributed by atoms with Gasteiger partial charge >= 0.3 is 0 Å². The van der Waals surface area contributed by atoms with Gasteiger partial charge in [-0.05, 0) is 30.5 Å². The number of rotatable bonds is 5. The minimum atomic E-state index is -3.19. The predicted molar refractivity (Wildman–Crippen MR) is 101 cm³/mol. The quantitative estimate of drug-likeness (QED) is 0.839. The highest BCUT2D eigenvalue weighted by Crippen LogP contribution is 2.21. The number of piperidine rings is 1. The standard InChI is InChI=1S/C17H21ClN4O3S/c1-26(24,25)21-9-6-14(7-10-21)17(23)20-16-5-8-19-22(16)12-13-3-2-4-15(18)11-13/h2-5,8,11,14H,6-7,9-10,12H2,1H3,(H,20,23). The van der Waals surface area contributed by atoms with Crippen LogP contribution < -0.4 is 5.32 Å². The third-order valence-corrected chi connectivity index (χ3v) is 6.02. The molecule has 140 valence electrons. The molecule has 1 N–H and O–H groups in total. The largest absolute Gasteiger partial charge is 0.311 e. The highest BCUT2D eigenvalue weighted by atomic mass is 35.5. The number of nitrogens with zero attached hydrogens (tertiary/aromatic N) is 3. The molecule has 9 heteroatoms. The molecule has 3 rings (SSSR count). The number of anilines is 1. The van der Waals surface area contributed by atoms with Gasteiger partial charge in [-0.3, -0.25) is 4.79 Å². The Hall–Kier alpha value is -1.90. The molecule has 0 bridgehead atoms. The predicted octanol–water partition coefficient (Wildman–Crippen LogP) is 2.19. The molecule has 26 heavy (non-hydrogen) atoms. The van der Waals surface area contributed by atoms with Crippen molar-refractivity contribution in [1.29, 1.82) is 0 Å². The zero-order valence-electron chi connectivity index (χ0n) is 14.4. The second-order valence-electron chi connectivity index (χ2n) is 6.43. The molecule has 1 fully saturated rings. The van der Waals surface area contributed by atoms with Gasteiger partial charge in [0, 0.05) is 30.1 Å². The number of carbonyl (C=O) groups is 1. The number of halogens is 1. The number of hydrogen-bond donors (Lipinski definition) is 1. The van der Waals surface area contributed by atoms with Crippen molar-refractivity contribution >= 4 is 33.3 Å². The Morgan fingerprint density at radius 1 is 1.31 bits per heavy atom. The van der Waals surface area contributed by atoms with Gasteiger partial charge in [-0.25, -0.2) is 17.4 Å². The molecule has 2 aromatic rings. The SMILES string of the molecule is CS(=O)(=O)N1CCC(C(=O)Nc2ccnn2Cc2cccc(Cl)c2)CC1. The van der Waals surface area contributed by atoms with Crippen LogP contribution in [0.3, 0.4) is 0 Å². The van der Waals surface area contributed by atoms with Crippen LogP contribution in [-0.4, -0.2) is 47.8 Å². The van der Waals surface area contributed by atoms with Crippen LogP contribution in [0.5, 0.6) is 0 Å². The first-order valence-corrected chi connectivity index (χ1v) is 10.6. The molecule has 1 amide bonds. The van der Waals surface area contributed by atoms with Crippen molar-refractivity contribution in [2.75, 3.05) is 24.7 Å². The summed E-state index contributed by atoms with van der Waals surface area (Å²) in [6, 6.07) is 9.22. The summed E-state index contributed by atoms with van der Waals surface area (Å²) in [6.07, 6.45) is 3.86. The maximum Gasteiger partial charge on any atom is 0.228 e. The fraction of sp³-hybridized carbons (Fsp3) is 0.412. The smallest absolute Gasteiger partial charge is 0.228 e. The van der Waals surface area contributed by atoms with E-state index >= 15 is 0 Å². The van der Waals surface area contributed by atoms with E-state index in [0.717, 1.165) is 5.56 Å². The average Bonchev–Trinajstić information content (AvgIpc) is 3.01. The molecule has 0 aliphatic carbocycles. The van der Waals surface area contributed by atoms with Crippen molar-refractivity contribution < 1.29 is 13.2 Å². The second kappa shape index (κ2) is 7.77. The highest BCUT2D eigenvalue weighted by Gasteiger charge is 2.29. The minimum absolute atomic E-state index is 0.106. The Bertz CT molecular complexity index is 889. The number of carbonyl (C=O) groups excluding carboxylic acids is 1. The Balaban J connectivity index is 1.62. The third kappa shape index (κ3) is 4.63. The molecule has 0 atom stereocenters. The fourth-order valence-corrected chi connectivity index (χ4v) is 4.14. The van der Waals surface area contributed by atoms with E-state index in [1.807, 2.05) is 18.2 Å². The molecule has 1 aliphatic heterocycles. The third-order valence-electron chi connectivity index (χ3n) is 4.48. The molecule has 1 aliphatic rings. The summed E-state index contributed by atoms with van der Waals surface area (Å²) < 4.78 is 26.3. The van der Waals surface area contributed by atoms with Crippen molar-refractivity contribution in [3.63, 3.8) is 0 Å². The van der Waals surface area contributed by atoms with Gasteiger partial charge in [-0.15, -0.1) is 0 Å². The van der Waals surface area contributed by atoms with Crippen molar-refractivity contribution in [3.05, 3.63) is 47.1 Å². The van der Waals surface area contributed by atoms with Crippen molar-refractivity contribution in [3.8, 4) is 0 Å². The molecular formula is C17H21ClN4O3S. The van der Waals surface area contributed by atoms with E-state index in [-0.39, 0.29) is 11.8 Å². The summed E-state index contributed by atoms with van der Waals surface area (Å²) in [7, 11) is -3.19. The zero-order chi connectivity index (χ0) is 18.7. The normalized spacial score (nSPS) is 16.5. The van der Waals surface area contributed by atoms with E-state index in [0.29, 0.717) is 43.3 Å². The van der Waals surface area contributed by atoms with Crippen LogP contribution in [0, 0.1) is 5.92 Å². The van der Waals surface area contributed by atoms with Crippen LogP contribution in [0.15, 0.2) is 36.5 Å². The van der Waals surface area contributed by atoms with Gasteiger partial charge in [-0.2, -0.15) is 5.10 Å². The van der Waals surface area contributed by atoms with Gasteiger partial charge in [-0.1, -0.05) is 23.7 Å². The molecule has 2 heterocycles. The van der Waals surface area contributed by atoms with Gasteiger partial charge in [0.05, 0.1) is 19.0 Å². The van der Waals surface area contributed by atoms with E-state index < -0.39 is 10.0 Å². The summed E-state index contributed by atoms with van der Waals surface area (Å²) in [4.78, 5) is 12.5. The average molecular weight is 397 g/mol. The maximum atomic E-state index is 12.5. The molecular weight excluding hydrogens is 376 g/mol. The number of hydrogen-bond acceptors (Lipinski definition) is 4. The Labute approximate surface area is 158 Å². The Kier molecular flexibility index (Phi) is 5.64. The number of benzene rings is 1. The number of sulfonamides is 1. The molecule has 7 nitrogen and oxygen atoms in total. The first kappa shape index (κ1) is 18.9. The van der Waals surface area contributed by atoms with Gasteiger partial charge in [0.15, 0.2) is 0 Å². The molecule has 1 aromatic carbocycles. The van der Waals surface area contributed by atoms with E-state index in [1.165, 1.54) is 10.6 Å². The van der Waals surface area contributed by atoms with Gasteiger partial charge in [0.1, 0.15) is 5.82 Å². The maximum absolute atomic E-state index is 12.5. The molecule has 1 saturated heterocycles. The van der Waals surface area contributed by atoms with Crippen LogP contribution in [0.2, 0.25) is 5.02 Å². The van der Waals surface area contributed by atoms with Crippen LogP contribution in [0.4, 0.5) is 5.82 Å². The fourth-order valence-electron chi connectivity index (χ4n) is 3.05.